The molecule has 0 aliphatic carbocycles. The van der Waals surface area contributed by atoms with E-state index in [1.165, 1.54) is 0 Å². The lowest BCUT2D eigenvalue weighted by atomic mass is 10.6. The lowest BCUT2D eigenvalue weighted by Crippen LogP contribution is -2.12. The summed E-state index contributed by atoms with van der Waals surface area (Å²) in [7, 11) is 0. The van der Waals surface area contributed by atoms with E-state index < -0.39 is 11.4 Å². The number of hydrazine groups is 1. The second kappa shape index (κ2) is 4.98. The quantitative estimate of drug-likeness (QED) is 0.258. The molecule has 18 heavy (non-hydrogen) atoms. The smallest absolute Gasteiger partial charge is 0.253 e. The number of aromatic amines is 1. The maximum atomic E-state index is 13.4. The molecule has 2 aromatic heterocycles. The lowest BCUT2D eigenvalue weighted by molar-refractivity contribution is 0.579. The zero-order chi connectivity index (χ0) is 13.1. The molecule has 0 aliphatic heterocycles. The van der Waals surface area contributed by atoms with Gasteiger partial charge in [-0.05, 0) is 11.8 Å². The zero-order valence-electron chi connectivity index (χ0n) is 8.85. The maximum absolute atomic E-state index is 13.4. The molecule has 2 aromatic rings. The second-order valence-corrected chi connectivity index (χ2v) is 4.05. The van der Waals surface area contributed by atoms with Gasteiger partial charge in [0.2, 0.25) is 5.95 Å². The van der Waals surface area contributed by atoms with Crippen LogP contribution in [0.25, 0.3) is 0 Å². The van der Waals surface area contributed by atoms with E-state index in [1.807, 2.05) is 0 Å². The maximum Gasteiger partial charge on any atom is 0.253 e. The van der Waals surface area contributed by atoms with Crippen LogP contribution in [0, 0.1) is 5.82 Å². The van der Waals surface area contributed by atoms with Gasteiger partial charge in [0.15, 0.2) is 11.0 Å². The monoisotopic (exact) mass is 269 g/mol. The van der Waals surface area contributed by atoms with Crippen molar-refractivity contribution in [3.63, 3.8) is 0 Å². The molecule has 8 nitrogen and oxygen atoms in total. The number of aromatic nitrogens is 4. The van der Waals surface area contributed by atoms with Gasteiger partial charge >= 0.3 is 0 Å². The van der Waals surface area contributed by atoms with Crippen molar-refractivity contribution in [2.24, 2.45) is 5.84 Å². The summed E-state index contributed by atoms with van der Waals surface area (Å²) in [5.41, 5.74) is 7.15. The lowest BCUT2D eigenvalue weighted by Gasteiger charge is -2.03. The topological polar surface area (TPSA) is 136 Å². The minimum atomic E-state index is -0.663. The molecular formula is C8H8FN7OS. The summed E-state index contributed by atoms with van der Waals surface area (Å²) in [6.45, 7) is 0. The Kier molecular flexibility index (Phi) is 3.39. The number of rotatable bonds is 3. The predicted molar refractivity (Wildman–Crippen MR) is 63.2 cm³/mol. The number of anilines is 2. The van der Waals surface area contributed by atoms with Crippen molar-refractivity contribution in [1.29, 1.82) is 0 Å². The Bertz CT molecular complexity index is 631. The highest BCUT2D eigenvalue weighted by Gasteiger charge is 2.10. The van der Waals surface area contributed by atoms with Gasteiger partial charge in [0.25, 0.3) is 5.56 Å². The minimum absolute atomic E-state index is 0.0351. The van der Waals surface area contributed by atoms with Crippen molar-refractivity contribution in [3.8, 4) is 0 Å². The fraction of sp³-hybridized carbons (Fsp3) is 0. The van der Waals surface area contributed by atoms with Crippen molar-refractivity contribution in [3.05, 3.63) is 28.4 Å². The van der Waals surface area contributed by atoms with Gasteiger partial charge in [0.05, 0.1) is 6.20 Å². The zero-order valence-corrected chi connectivity index (χ0v) is 9.66. The third kappa shape index (κ3) is 2.73. The average molecular weight is 269 g/mol. The first-order chi connectivity index (χ1) is 8.58. The third-order valence-electron chi connectivity index (χ3n) is 1.77. The Labute approximate surface area is 104 Å². The summed E-state index contributed by atoms with van der Waals surface area (Å²) in [4.78, 5) is 24.8. The van der Waals surface area contributed by atoms with Crippen molar-refractivity contribution < 1.29 is 4.39 Å². The van der Waals surface area contributed by atoms with Crippen LogP contribution in [-0.4, -0.2) is 19.9 Å². The fourth-order valence-electron chi connectivity index (χ4n) is 1.09. The second-order valence-electron chi connectivity index (χ2n) is 3.07. The Morgan fingerprint density at radius 2 is 2.22 bits per heavy atom. The molecule has 0 aliphatic rings. The van der Waals surface area contributed by atoms with Gasteiger partial charge in [-0.2, -0.15) is 0 Å². The summed E-state index contributed by atoms with van der Waals surface area (Å²) in [5, 5.41) is 0.0901. The van der Waals surface area contributed by atoms with Crippen LogP contribution in [0.3, 0.4) is 0 Å². The van der Waals surface area contributed by atoms with Crippen LogP contribution >= 0.6 is 11.8 Å². The van der Waals surface area contributed by atoms with Crippen molar-refractivity contribution in [1.82, 2.24) is 19.9 Å². The Balaban J connectivity index is 2.36. The standard InChI is InChI=1S/C8H8FN7OS/c9-3-2-12-7(16-11)15-6(3)18-8-13-4(10)1-5(17)14-8/h1-2H,11H2,(H,12,15,16)(H3,10,13,14,17). The predicted octanol–water partition coefficient (Wildman–Crippen LogP) is -0.282. The number of hydrogen-bond acceptors (Lipinski definition) is 8. The Hall–Kier alpha value is -2.20. The highest BCUT2D eigenvalue weighted by atomic mass is 32.2. The molecule has 0 saturated carbocycles. The summed E-state index contributed by atoms with van der Waals surface area (Å²) in [6, 6.07) is 1.12. The molecule has 0 spiro atoms. The molecule has 0 aromatic carbocycles. The van der Waals surface area contributed by atoms with Crippen LogP contribution in [0.15, 0.2) is 27.2 Å². The van der Waals surface area contributed by atoms with E-state index in [0.29, 0.717) is 0 Å². The molecule has 2 rings (SSSR count). The van der Waals surface area contributed by atoms with E-state index in [9.17, 15) is 9.18 Å². The molecule has 0 unspecified atom stereocenters. The van der Waals surface area contributed by atoms with Crippen LogP contribution in [0.1, 0.15) is 0 Å². The number of nitrogen functional groups attached to an aromatic ring is 2. The van der Waals surface area contributed by atoms with E-state index in [1.54, 1.807) is 0 Å². The first-order valence-electron chi connectivity index (χ1n) is 4.62. The molecule has 2 heterocycles. The van der Waals surface area contributed by atoms with E-state index in [0.717, 1.165) is 24.0 Å². The molecule has 10 heteroatoms. The number of nitrogens with zero attached hydrogens (tertiary/aromatic N) is 3. The number of H-pyrrole nitrogens is 1. The van der Waals surface area contributed by atoms with Gasteiger partial charge in [0, 0.05) is 6.07 Å². The van der Waals surface area contributed by atoms with Crippen LogP contribution in [-0.2, 0) is 0 Å². The first-order valence-corrected chi connectivity index (χ1v) is 5.44. The van der Waals surface area contributed by atoms with Gasteiger partial charge in [-0.1, -0.05) is 0 Å². The molecule has 0 bridgehead atoms. The number of halogens is 1. The van der Waals surface area contributed by atoms with E-state index in [-0.39, 0.29) is 21.9 Å². The minimum Gasteiger partial charge on any atom is -0.383 e. The van der Waals surface area contributed by atoms with E-state index in [4.69, 9.17) is 11.6 Å². The Morgan fingerprint density at radius 1 is 1.44 bits per heavy atom. The molecule has 0 atom stereocenters. The van der Waals surface area contributed by atoms with Crippen LogP contribution in [0.4, 0.5) is 16.2 Å². The van der Waals surface area contributed by atoms with Gasteiger partial charge in [0.1, 0.15) is 10.8 Å². The SMILES string of the molecule is NNc1ncc(F)c(Sc2nc(N)cc(=O)[nH]2)n1. The van der Waals surface area contributed by atoms with Crippen molar-refractivity contribution >= 4 is 23.5 Å². The van der Waals surface area contributed by atoms with E-state index in [2.05, 4.69) is 25.4 Å². The Morgan fingerprint density at radius 3 is 2.89 bits per heavy atom. The highest BCUT2D eigenvalue weighted by Crippen LogP contribution is 2.25. The number of nitrogens with two attached hydrogens (primary N) is 2. The van der Waals surface area contributed by atoms with Crippen molar-refractivity contribution in [2.75, 3.05) is 11.2 Å². The highest BCUT2D eigenvalue weighted by molar-refractivity contribution is 7.99. The molecule has 0 radical (unpaired) electrons. The normalized spacial score (nSPS) is 10.3. The summed E-state index contributed by atoms with van der Waals surface area (Å²) in [5.74, 6) is 4.53. The summed E-state index contributed by atoms with van der Waals surface area (Å²) < 4.78 is 13.4. The fourth-order valence-corrected chi connectivity index (χ4v) is 1.85. The number of hydrogen-bond donors (Lipinski definition) is 4. The molecule has 94 valence electrons. The van der Waals surface area contributed by atoms with Gasteiger partial charge in [-0.25, -0.2) is 25.2 Å². The van der Waals surface area contributed by atoms with Gasteiger partial charge in [-0.15, -0.1) is 0 Å². The van der Waals surface area contributed by atoms with Gasteiger partial charge < -0.3 is 10.7 Å². The largest absolute Gasteiger partial charge is 0.383 e. The molecular weight excluding hydrogens is 261 g/mol. The molecule has 0 fully saturated rings. The molecule has 0 amide bonds. The third-order valence-corrected chi connectivity index (χ3v) is 2.64. The van der Waals surface area contributed by atoms with Crippen LogP contribution in [0.5, 0.6) is 0 Å². The summed E-state index contributed by atoms with van der Waals surface area (Å²) >= 11 is 0.804. The molecule has 6 N–H and O–H groups in total. The summed E-state index contributed by atoms with van der Waals surface area (Å²) in [6.07, 6.45) is 0.953. The number of nitrogens with one attached hydrogen (secondary N) is 2. The average Bonchev–Trinajstić information content (AvgIpc) is 2.30. The van der Waals surface area contributed by atoms with Gasteiger partial charge in [-0.3, -0.25) is 10.2 Å². The molecule has 0 saturated heterocycles. The van der Waals surface area contributed by atoms with Crippen LogP contribution < -0.4 is 22.6 Å². The van der Waals surface area contributed by atoms with Crippen molar-refractivity contribution in [2.45, 2.75) is 10.2 Å². The van der Waals surface area contributed by atoms with E-state index >= 15 is 0 Å². The van der Waals surface area contributed by atoms with Crippen LogP contribution in [0.2, 0.25) is 0 Å². The first kappa shape index (κ1) is 12.3.